The Balaban J connectivity index is 2.77. The lowest BCUT2D eigenvalue weighted by Gasteiger charge is -2.17. The van der Waals surface area contributed by atoms with Crippen LogP contribution in [0, 0.1) is 5.92 Å². The van der Waals surface area contributed by atoms with Gasteiger partial charge in [0.15, 0.2) is 0 Å². The van der Waals surface area contributed by atoms with E-state index in [0.29, 0.717) is 6.54 Å². The van der Waals surface area contributed by atoms with Gasteiger partial charge in [0.2, 0.25) is 0 Å². The molecule has 0 saturated carbocycles. The molecular formula is C10H14BrNO. The van der Waals surface area contributed by atoms with Gasteiger partial charge in [-0.2, -0.15) is 0 Å². The molecule has 13 heavy (non-hydrogen) atoms. The Bertz CT molecular complexity index is 260. The maximum absolute atomic E-state index is 9.78. The van der Waals surface area contributed by atoms with E-state index in [1.54, 1.807) is 0 Å². The first kappa shape index (κ1) is 10.7. The molecule has 0 saturated heterocycles. The van der Waals surface area contributed by atoms with Crippen molar-refractivity contribution in [2.45, 2.75) is 13.0 Å². The van der Waals surface area contributed by atoms with Crippen molar-refractivity contribution >= 4 is 15.9 Å². The van der Waals surface area contributed by atoms with Gasteiger partial charge in [0, 0.05) is 4.47 Å². The molecule has 1 aromatic rings. The molecule has 2 unspecified atom stereocenters. The highest BCUT2D eigenvalue weighted by molar-refractivity contribution is 9.10. The summed E-state index contributed by atoms with van der Waals surface area (Å²) in [6.45, 7) is 2.43. The number of nitrogens with two attached hydrogens (primary N) is 1. The first-order chi connectivity index (χ1) is 6.15. The van der Waals surface area contributed by atoms with E-state index in [1.807, 2.05) is 31.2 Å². The largest absolute Gasteiger partial charge is 0.388 e. The second-order valence-corrected chi connectivity index (χ2v) is 4.13. The van der Waals surface area contributed by atoms with E-state index in [4.69, 9.17) is 5.73 Å². The first-order valence-corrected chi connectivity index (χ1v) is 5.08. The van der Waals surface area contributed by atoms with E-state index in [-0.39, 0.29) is 5.92 Å². The topological polar surface area (TPSA) is 46.2 Å². The van der Waals surface area contributed by atoms with E-state index in [1.165, 1.54) is 0 Å². The zero-order chi connectivity index (χ0) is 9.84. The van der Waals surface area contributed by atoms with E-state index in [2.05, 4.69) is 15.9 Å². The lowest BCUT2D eigenvalue weighted by molar-refractivity contribution is 0.121. The third-order valence-electron chi connectivity index (χ3n) is 2.12. The maximum Gasteiger partial charge on any atom is 0.0827 e. The van der Waals surface area contributed by atoms with Gasteiger partial charge in [0.25, 0.3) is 0 Å². The third kappa shape index (κ3) is 2.79. The van der Waals surface area contributed by atoms with Gasteiger partial charge in [-0.3, -0.25) is 0 Å². The highest BCUT2D eigenvalue weighted by Gasteiger charge is 2.13. The summed E-state index contributed by atoms with van der Waals surface area (Å²) in [5.74, 6) is 0.0983. The zero-order valence-electron chi connectivity index (χ0n) is 7.57. The molecule has 0 amide bonds. The summed E-state index contributed by atoms with van der Waals surface area (Å²) < 4.78 is 1.02. The van der Waals surface area contributed by atoms with Crippen molar-refractivity contribution in [1.82, 2.24) is 0 Å². The molecule has 2 nitrogen and oxygen atoms in total. The van der Waals surface area contributed by atoms with Crippen LogP contribution in [0.15, 0.2) is 28.7 Å². The number of benzene rings is 1. The smallest absolute Gasteiger partial charge is 0.0827 e. The summed E-state index contributed by atoms with van der Waals surface area (Å²) in [5, 5.41) is 9.78. The summed E-state index contributed by atoms with van der Waals surface area (Å²) in [7, 11) is 0. The van der Waals surface area contributed by atoms with Gasteiger partial charge in [-0.15, -0.1) is 0 Å². The molecule has 0 radical (unpaired) electrons. The minimum absolute atomic E-state index is 0.0983. The average molecular weight is 244 g/mol. The van der Waals surface area contributed by atoms with Gasteiger partial charge >= 0.3 is 0 Å². The van der Waals surface area contributed by atoms with Crippen LogP contribution in [0.1, 0.15) is 18.6 Å². The quantitative estimate of drug-likeness (QED) is 0.855. The summed E-state index contributed by atoms with van der Waals surface area (Å²) >= 11 is 3.34. The van der Waals surface area contributed by atoms with E-state index in [0.717, 1.165) is 10.0 Å². The van der Waals surface area contributed by atoms with Crippen LogP contribution in [0.2, 0.25) is 0 Å². The average Bonchev–Trinajstić information content (AvgIpc) is 2.17. The fourth-order valence-corrected chi connectivity index (χ4v) is 1.38. The van der Waals surface area contributed by atoms with Gasteiger partial charge < -0.3 is 10.8 Å². The van der Waals surface area contributed by atoms with Crippen LogP contribution in [0.3, 0.4) is 0 Å². The Morgan fingerprint density at radius 3 is 2.38 bits per heavy atom. The van der Waals surface area contributed by atoms with Gasteiger partial charge in [-0.1, -0.05) is 35.0 Å². The van der Waals surface area contributed by atoms with Gasteiger partial charge in [-0.25, -0.2) is 0 Å². The molecule has 3 N–H and O–H groups in total. The van der Waals surface area contributed by atoms with Gasteiger partial charge in [0.1, 0.15) is 0 Å². The lowest BCUT2D eigenvalue weighted by Crippen LogP contribution is -2.18. The monoisotopic (exact) mass is 243 g/mol. The Kier molecular flexibility index (Phi) is 3.90. The fraction of sp³-hybridized carbons (Fsp3) is 0.400. The van der Waals surface area contributed by atoms with Crippen LogP contribution < -0.4 is 5.73 Å². The molecule has 0 fully saturated rings. The molecule has 1 aromatic carbocycles. The third-order valence-corrected chi connectivity index (χ3v) is 2.65. The minimum atomic E-state index is -0.460. The fourth-order valence-electron chi connectivity index (χ4n) is 1.12. The molecule has 0 heterocycles. The Hall–Kier alpha value is -0.380. The van der Waals surface area contributed by atoms with Gasteiger partial charge in [-0.05, 0) is 30.2 Å². The van der Waals surface area contributed by atoms with Crippen LogP contribution in [0.25, 0.3) is 0 Å². The first-order valence-electron chi connectivity index (χ1n) is 4.28. The van der Waals surface area contributed by atoms with Crippen molar-refractivity contribution in [2.75, 3.05) is 6.54 Å². The van der Waals surface area contributed by atoms with Crippen molar-refractivity contribution < 1.29 is 5.11 Å². The van der Waals surface area contributed by atoms with Crippen LogP contribution in [0.5, 0.6) is 0 Å². The van der Waals surface area contributed by atoms with Crippen molar-refractivity contribution in [3.05, 3.63) is 34.3 Å². The molecule has 0 bridgehead atoms. The Morgan fingerprint density at radius 2 is 1.92 bits per heavy atom. The number of aliphatic hydroxyl groups excluding tert-OH is 1. The molecule has 0 aliphatic heterocycles. The summed E-state index contributed by atoms with van der Waals surface area (Å²) in [4.78, 5) is 0. The Morgan fingerprint density at radius 1 is 1.38 bits per heavy atom. The lowest BCUT2D eigenvalue weighted by atomic mass is 9.98. The molecule has 0 aromatic heterocycles. The van der Waals surface area contributed by atoms with Crippen molar-refractivity contribution in [2.24, 2.45) is 11.7 Å². The highest BCUT2D eigenvalue weighted by Crippen LogP contribution is 2.22. The molecule has 1 rings (SSSR count). The molecule has 72 valence electrons. The van der Waals surface area contributed by atoms with Crippen LogP contribution >= 0.6 is 15.9 Å². The van der Waals surface area contributed by atoms with Crippen molar-refractivity contribution in [1.29, 1.82) is 0 Å². The summed E-state index contributed by atoms with van der Waals surface area (Å²) in [6, 6.07) is 7.64. The number of rotatable bonds is 3. The predicted octanol–water partition coefficient (Wildman–Crippen LogP) is 2.08. The normalized spacial score (nSPS) is 15.4. The number of hydrogen-bond donors (Lipinski definition) is 2. The van der Waals surface area contributed by atoms with Crippen molar-refractivity contribution in [3.8, 4) is 0 Å². The minimum Gasteiger partial charge on any atom is -0.388 e. The summed E-state index contributed by atoms with van der Waals surface area (Å²) in [6.07, 6.45) is -0.460. The van der Waals surface area contributed by atoms with Crippen LogP contribution in [-0.4, -0.2) is 11.7 Å². The molecule has 2 atom stereocenters. The molecule has 0 aliphatic rings. The second kappa shape index (κ2) is 4.74. The SMILES string of the molecule is CC(CN)C(O)c1ccc(Br)cc1. The maximum atomic E-state index is 9.78. The summed E-state index contributed by atoms with van der Waals surface area (Å²) in [5.41, 5.74) is 6.39. The molecule has 3 heteroatoms. The standard InChI is InChI=1S/C10H14BrNO/c1-7(6-12)10(13)8-2-4-9(11)5-3-8/h2-5,7,10,13H,6,12H2,1H3. The number of aliphatic hydroxyl groups is 1. The highest BCUT2D eigenvalue weighted by atomic mass is 79.9. The van der Waals surface area contributed by atoms with E-state index < -0.39 is 6.10 Å². The number of hydrogen-bond acceptors (Lipinski definition) is 2. The molecular weight excluding hydrogens is 230 g/mol. The Labute approximate surface area is 86.9 Å². The second-order valence-electron chi connectivity index (χ2n) is 3.21. The van der Waals surface area contributed by atoms with Crippen LogP contribution in [0.4, 0.5) is 0 Å². The van der Waals surface area contributed by atoms with E-state index in [9.17, 15) is 5.11 Å². The molecule has 0 spiro atoms. The predicted molar refractivity (Wildman–Crippen MR) is 57.3 cm³/mol. The van der Waals surface area contributed by atoms with E-state index >= 15 is 0 Å². The van der Waals surface area contributed by atoms with Crippen LogP contribution in [-0.2, 0) is 0 Å². The number of halogens is 1. The molecule has 0 aliphatic carbocycles. The van der Waals surface area contributed by atoms with Gasteiger partial charge in [0.05, 0.1) is 6.10 Å². The van der Waals surface area contributed by atoms with Crippen molar-refractivity contribution in [3.63, 3.8) is 0 Å². The zero-order valence-corrected chi connectivity index (χ0v) is 9.16.